The molecule has 3 rings (SSSR count). The number of piperidine rings is 1. The topological polar surface area (TPSA) is 40.5 Å². The molecule has 1 aromatic rings. The van der Waals surface area contributed by atoms with E-state index in [2.05, 4.69) is 20.9 Å². The van der Waals surface area contributed by atoms with E-state index in [-0.39, 0.29) is 6.03 Å². The van der Waals surface area contributed by atoms with E-state index in [1.165, 1.54) is 38.6 Å². The van der Waals surface area contributed by atoms with Gasteiger partial charge in [0, 0.05) is 51.7 Å². The van der Waals surface area contributed by atoms with E-state index in [0.717, 1.165) is 37.5 Å². The number of nitrogens with zero attached hydrogens (tertiary/aromatic N) is 3. The maximum Gasteiger partial charge on any atom is 0.317 e. The van der Waals surface area contributed by atoms with Crippen LogP contribution in [-0.2, 0) is 13.6 Å². The number of likely N-dealkylation sites (tertiary alicyclic amines) is 1. The van der Waals surface area contributed by atoms with Gasteiger partial charge in [-0.3, -0.25) is 0 Å². The Labute approximate surface area is 152 Å². The van der Waals surface area contributed by atoms with Crippen LogP contribution in [0.5, 0.6) is 0 Å². The van der Waals surface area contributed by atoms with E-state index in [4.69, 9.17) is 0 Å². The summed E-state index contributed by atoms with van der Waals surface area (Å²) in [6.45, 7) is 4.18. The van der Waals surface area contributed by atoms with E-state index in [1.807, 2.05) is 26.4 Å². The molecule has 2 amide bonds. The van der Waals surface area contributed by atoms with Crippen molar-refractivity contribution in [2.45, 2.75) is 57.5 Å². The number of aromatic nitrogens is 1. The van der Waals surface area contributed by atoms with Gasteiger partial charge in [-0.05, 0) is 43.7 Å². The van der Waals surface area contributed by atoms with Crippen molar-refractivity contribution in [3.05, 3.63) is 24.0 Å². The monoisotopic (exact) mass is 346 g/mol. The molecule has 140 valence electrons. The van der Waals surface area contributed by atoms with Gasteiger partial charge in [0.05, 0.1) is 6.54 Å². The molecule has 1 saturated carbocycles. The maximum atomic E-state index is 12.4. The number of urea groups is 1. The van der Waals surface area contributed by atoms with E-state index in [0.29, 0.717) is 12.6 Å². The van der Waals surface area contributed by atoms with Crippen LogP contribution >= 0.6 is 0 Å². The molecule has 1 N–H and O–H groups in total. The number of aryl methyl sites for hydroxylation is 1. The van der Waals surface area contributed by atoms with Crippen molar-refractivity contribution >= 4 is 6.03 Å². The molecule has 0 atom stereocenters. The molecule has 1 aliphatic carbocycles. The molecular weight excluding hydrogens is 312 g/mol. The standard InChI is InChI=1S/C20H34N4O/c1-22-12-6-9-19(22)16-23(2)20(25)21-18-10-13-24(14-11-18)15-17-7-4-3-5-8-17/h6,9,12,17-18H,3-5,7-8,10-11,13-16H2,1-2H3,(H,21,25). The lowest BCUT2D eigenvalue weighted by atomic mass is 9.88. The minimum atomic E-state index is 0.0481. The molecule has 0 aromatic carbocycles. The summed E-state index contributed by atoms with van der Waals surface area (Å²) in [7, 11) is 3.89. The van der Waals surface area contributed by atoms with Gasteiger partial charge in [0.15, 0.2) is 0 Å². The van der Waals surface area contributed by atoms with Crippen LogP contribution in [0.25, 0.3) is 0 Å². The van der Waals surface area contributed by atoms with Crippen molar-refractivity contribution < 1.29 is 4.79 Å². The molecule has 1 aromatic heterocycles. The number of amides is 2. The number of nitrogens with one attached hydrogen (secondary N) is 1. The first kappa shape index (κ1) is 18.3. The van der Waals surface area contributed by atoms with Gasteiger partial charge in [-0.25, -0.2) is 4.79 Å². The molecule has 5 nitrogen and oxygen atoms in total. The fraction of sp³-hybridized carbons (Fsp3) is 0.750. The van der Waals surface area contributed by atoms with Gasteiger partial charge in [0.2, 0.25) is 0 Å². The Morgan fingerprint density at radius 3 is 2.56 bits per heavy atom. The van der Waals surface area contributed by atoms with E-state index in [9.17, 15) is 4.79 Å². The predicted molar refractivity (Wildman–Crippen MR) is 101 cm³/mol. The SMILES string of the molecule is CN(Cc1cccn1C)C(=O)NC1CCN(CC2CCCCC2)CC1. The summed E-state index contributed by atoms with van der Waals surface area (Å²) in [4.78, 5) is 16.8. The van der Waals surface area contributed by atoms with Gasteiger partial charge in [-0.2, -0.15) is 0 Å². The quantitative estimate of drug-likeness (QED) is 0.889. The average Bonchev–Trinajstić information content (AvgIpc) is 3.02. The van der Waals surface area contributed by atoms with Gasteiger partial charge in [-0.1, -0.05) is 19.3 Å². The second-order valence-corrected chi connectivity index (χ2v) is 7.99. The Bertz CT molecular complexity index is 542. The van der Waals surface area contributed by atoms with Crippen LogP contribution in [0.4, 0.5) is 4.79 Å². The number of carbonyl (C=O) groups is 1. The third-order valence-electron chi connectivity index (χ3n) is 5.95. The molecule has 0 bridgehead atoms. The van der Waals surface area contributed by atoms with Crippen LogP contribution in [0.3, 0.4) is 0 Å². The van der Waals surface area contributed by atoms with Gasteiger partial charge < -0.3 is 19.7 Å². The maximum absolute atomic E-state index is 12.4. The Balaban J connectivity index is 1.37. The zero-order chi connectivity index (χ0) is 17.6. The first-order chi connectivity index (χ1) is 12.1. The van der Waals surface area contributed by atoms with Crippen LogP contribution < -0.4 is 5.32 Å². The van der Waals surface area contributed by atoms with Crippen molar-refractivity contribution in [2.24, 2.45) is 13.0 Å². The zero-order valence-corrected chi connectivity index (χ0v) is 15.9. The highest BCUT2D eigenvalue weighted by molar-refractivity contribution is 5.74. The summed E-state index contributed by atoms with van der Waals surface area (Å²) < 4.78 is 2.06. The summed E-state index contributed by atoms with van der Waals surface area (Å²) in [6, 6.07) is 4.45. The number of hydrogen-bond donors (Lipinski definition) is 1. The predicted octanol–water partition coefficient (Wildman–Crippen LogP) is 3.21. The summed E-state index contributed by atoms with van der Waals surface area (Å²) in [6.07, 6.45) is 11.3. The lowest BCUT2D eigenvalue weighted by molar-refractivity contribution is 0.150. The fourth-order valence-electron chi connectivity index (χ4n) is 4.26. The first-order valence-electron chi connectivity index (χ1n) is 9.96. The van der Waals surface area contributed by atoms with E-state index in [1.54, 1.807) is 4.90 Å². The van der Waals surface area contributed by atoms with Crippen LogP contribution in [0.15, 0.2) is 18.3 Å². The third-order valence-corrected chi connectivity index (χ3v) is 5.95. The number of hydrogen-bond acceptors (Lipinski definition) is 2. The lowest BCUT2D eigenvalue weighted by Crippen LogP contribution is -2.49. The van der Waals surface area contributed by atoms with Crippen LogP contribution in [0, 0.1) is 5.92 Å². The minimum absolute atomic E-state index is 0.0481. The second kappa shape index (κ2) is 8.75. The number of carbonyl (C=O) groups excluding carboxylic acids is 1. The van der Waals surface area contributed by atoms with Gasteiger partial charge in [0.25, 0.3) is 0 Å². The molecule has 2 heterocycles. The van der Waals surface area contributed by atoms with Gasteiger partial charge >= 0.3 is 6.03 Å². The Kier molecular flexibility index (Phi) is 6.40. The Morgan fingerprint density at radius 2 is 1.92 bits per heavy atom. The largest absolute Gasteiger partial charge is 0.353 e. The number of rotatable bonds is 5. The Morgan fingerprint density at radius 1 is 1.20 bits per heavy atom. The molecule has 0 spiro atoms. The zero-order valence-electron chi connectivity index (χ0n) is 15.9. The normalized spacial score (nSPS) is 20.6. The van der Waals surface area contributed by atoms with Crippen molar-refractivity contribution in [2.75, 3.05) is 26.7 Å². The summed E-state index contributed by atoms with van der Waals surface area (Å²) in [5.41, 5.74) is 1.15. The Hall–Kier alpha value is -1.49. The first-order valence-corrected chi connectivity index (χ1v) is 9.96. The second-order valence-electron chi connectivity index (χ2n) is 7.99. The molecular formula is C20H34N4O. The van der Waals surface area contributed by atoms with E-state index < -0.39 is 0 Å². The van der Waals surface area contributed by atoms with Crippen molar-refractivity contribution in [3.8, 4) is 0 Å². The van der Waals surface area contributed by atoms with Gasteiger partial charge in [0.1, 0.15) is 0 Å². The van der Waals surface area contributed by atoms with E-state index >= 15 is 0 Å². The minimum Gasteiger partial charge on any atom is -0.353 e. The van der Waals surface area contributed by atoms with Crippen molar-refractivity contribution in [1.82, 2.24) is 19.7 Å². The highest BCUT2D eigenvalue weighted by Crippen LogP contribution is 2.25. The van der Waals surface area contributed by atoms with Crippen LogP contribution in [-0.4, -0.2) is 53.1 Å². The molecule has 1 aliphatic heterocycles. The van der Waals surface area contributed by atoms with Crippen molar-refractivity contribution in [1.29, 1.82) is 0 Å². The van der Waals surface area contributed by atoms with Crippen LogP contribution in [0.2, 0.25) is 0 Å². The highest BCUT2D eigenvalue weighted by atomic mass is 16.2. The van der Waals surface area contributed by atoms with Crippen molar-refractivity contribution in [3.63, 3.8) is 0 Å². The summed E-state index contributed by atoms with van der Waals surface area (Å²) >= 11 is 0. The van der Waals surface area contributed by atoms with Gasteiger partial charge in [-0.15, -0.1) is 0 Å². The molecule has 1 saturated heterocycles. The molecule has 25 heavy (non-hydrogen) atoms. The molecule has 0 unspecified atom stereocenters. The molecule has 5 heteroatoms. The molecule has 0 radical (unpaired) electrons. The fourth-order valence-corrected chi connectivity index (χ4v) is 4.26. The molecule has 2 aliphatic rings. The lowest BCUT2D eigenvalue weighted by Gasteiger charge is -2.36. The highest BCUT2D eigenvalue weighted by Gasteiger charge is 2.24. The molecule has 2 fully saturated rings. The average molecular weight is 347 g/mol. The summed E-state index contributed by atoms with van der Waals surface area (Å²) in [5, 5.41) is 3.23. The third kappa shape index (κ3) is 5.24. The summed E-state index contributed by atoms with van der Waals surface area (Å²) in [5.74, 6) is 0.913. The smallest absolute Gasteiger partial charge is 0.317 e. The van der Waals surface area contributed by atoms with Crippen LogP contribution in [0.1, 0.15) is 50.6 Å².